The molecule has 17 heavy (non-hydrogen) atoms. The van der Waals surface area contributed by atoms with E-state index in [9.17, 15) is 5.11 Å². The molecule has 1 N–H and O–H groups in total. The number of benzene rings is 2. The number of fused-ring (bicyclic) bond motifs is 1. The maximum atomic E-state index is 9.67. The van der Waals surface area contributed by atoms with E-state index in [1.165, 1.54) is 6.20 Å². The van der Waals surface area contributed by atoms with E-state index >= 15 is 0 Å². The number of hydrogen-bond donors (Lipinski definition) is 1. The monoisotopic (exact) mass is 221 g/mol. The van der Waals surface area contributed by atoms with Gasteiger partial charge >= 0.3 is 0 Å². The van der Waals surface area contributed by atoms with Crippen LogP contribution in [-0.4, -0.2) is 10.1 Å². The predicted octanol–water partition coefficient (Wildman–Crippen LogP) is 3.61. The molecule has 1 aromatic heterocycles. The molecule has 0 spiro atoms. The van der Waals surface area contributed by atoms with Gasteiger partial charge in [0.1, 0.15) is 5.75 Å². The number of hydrogen-bond acceptors (Lipinski definition) is 2. The lowest BCUT2D eigenvalue weighted by Crippen LogP contribution is -1.80. The molecule has 0 fully saturated rings. The molecule has 0 atom stereocenters. The van der Waals surface area contributed by atoms with E-state index in [1.807, 2.05) is 36.4 Å². The number of aromatic hydroxyl groups is 1. The van der Waals surface area contributed by atoms with Gasteiger partial charge in [-0.3, -0.25) is 4.98 Å². The summed E-state index contributed by atoms with van der Waals surface area (Å²) < 4.78 is 0. The van der Waals surface area contributed by atoms with Crippen LogP contribution in [0.2, 0.25) is 0 Å². The normalized spacial score (nSPS) is 10.6. The summed E-state index contributed by atoms with van der Waals surface area (Å²) in [7, 11) is 0. The Morgan fingerprint density at radius 3 is 2.47 bits per heavy atom. The quantitative estimate of drug-likeness (QED) is 0.681. The summed E-state index contributed by atoms with van der Waals surface area (Å²) in [6, 6.07) is 16.1. The maximum absolute atomic E-state index is 9.67. The van der Waals surface area contributed by atoms with Crippen LogP contribution in [0, 0.1) is 0 Å². The van der Waals surface area contributed by atoms with Crippen LogP contribution in [-0.2, 0) is 0 Å². The van der Waals surface area contributed by atoms with E-state index in [0.717, 1.165) is 21.9 Å². The van der Waals surface area contributed by atoms with E-state index in [2.05, 4.69) is 17.1 Å². The summed E-state index contributed by atoms with van der Waals surface area (Å²) in [5.41, 5.74) is 2.29. The second kappa shape index (κ2) is 3.91. The first kappa shape index (κ1) is 9.85. The van der Waals surface area contributed by atoms with E-state index in [4.69, 9.17) is 0 Å². The highest BCUT2D eigenvalue weighted by molar-refractivity contribution is 5.90. The topological polar surface area (TPSA) is 33.1 Å². The number of pyridine rings is 1. The zero-order chi connectivity index (χ0) is 11.7. The summed E-state index contributed by atoms with van der Waals surface area (Å²) in [4.78, 5) is 4.00. The molecule has 0 aliphatic carbocycles. The minimum absolute atomic E-state index is 0.224. The van der Waals surface area contributed by atoms with Crippen LogP contribution in [0.15, 0.2) is 60.9 Å². The second-order valence-electron chi connectivity index (χ2n) is 3.96. The lowest BCUT2D eigenvalue weighted by atomic mass is 10.0. The van der Waals surface area contributed by atoms with Gasteiger partial charge in [0.15, 0.2) is 0 Å². The molecule has 82 valence electrons. The van der Waals surface area contributed by atoms with Crippen molar-refractivity contribution in [2.45, 2.75) is 0 Å². The molecule has 3 aromatic rings. The maximum Gasteiger partial charge on any atom is 0.141 e. The van der Waals surface area contributed by atoms with Crippen LogP contribution in [0.3, 0.4) is 0 Å². The smallest absolute Gasteiger partial charge is 0.141 e. The van der Waals surface area contributed by atoms with Gasteiger partial charge in [0, 0.05) is 17.0 Å². The summed E-state index contributed by atoms with van der Waals surface area (Å²) >= 11 is 0. The van der Waals surface area contributed by atoms with Crippen LogP contribution >= 0.6 is 0 Å². The van der Waals surface area contributed by atoms with Gasteiger partial charge in [0.05, 0.1) is 6.20 Å². The molecule has 2 nitrogen and oxygen atoms in total. The van der Waals surface area contributed by atoms with Gasteiger partial charge in [0.25, 0.3) is 0 Å². The summed E-state index contributed by atoms with van der Waals surface area (Å²) in [5, 5.41) is 11.5. The van der Waals surface area contributed by atoms with Crippen molar-refractivity contribution < 1.29 is 5.11 Å². The van der Waals surface area contributed by atoms with Crippen molar-refractivity contribution in [3.05, 3.63) is 60.9 Å². The van der Waals surface area contributed by atoms with Crippen molar-refractivity contribution in [1.29, 1.82) is 0 Å². The van der Waals surface area contributed by atoms with Gasteiger partial charge in [-0.1, -0.05) is 36.4 Å². The number of nitrogens with zero attached hydrogens (tertiary/aromatic N) is 1. The highest BCUT2D eigenvalue weighted by Gasteiger charge is 2.02. The van der Waals surface area contributed by atoms with Gasteiger partial charge in [-0.2, -0.15) is 0 Å². The molecular weight excluding hydrogens is 210 g/mol. The molecule has 1 heterocycles. The minimum Gasteiger partial charge on any atom is -0.506 e. The molecule has 0 saturated carbocycles. The SMILES string of the molecule is Oc1cncc2cc(-c3ccccc3)ccc12. The first-order valence-corrected chi connectivity index (χ1v) is 5.47. The molecule has 0 radical (unpaired) electrons. The second-order valence-corrected chi connectivity index (χ2v) is 3.96. The van der Waals surface area contributed by atoms with Crippen LogP contribution < -0.4 is 0 Å². The van der Waals surface area contributed by atoms with E-state index in [0.29, 0.717) is 0 Å². The fourth-order valence-corrected chi connectivity index (χ4v) is 1.97. The average Bonchev–Trinajstić information content (AvgIpc) is 2.40. The van der Waals surface area contributed by atoms with Gasteiger partial charge in [-0.25, -0.2) is 0 Å². The zero-order valence-corrected chi connectivity index (χ0v) is 9.17. The lowest BCUT2D eigenvalue weighted by molar-refractivity contribution is 0.479. The standard InChI is InChI=1S/C15H11NO/c17-15-10-16-9-13-8-12(6-7-14(13)15)11-4-2-1-3-5-11/h1-10,17H. The van der Waals surface area contributed by atoms with Gasteiger partial charge in [0.2, 0.25) is 0 Å². The highest BCUT2D eigenvalue weighted by Crippen LogP contribution is 2.28. The Morgan fingerprint density at radius 1 is 0.824 bits per heavy atom. The Kier molecular flexibility index (Phi) is 2.26. The summed E-state index contributed by atoms with van der Waals surface area (Å²) in [6.45, 7) is 0. The molecule has 2 heteroatoms. The van der Waals surface area contributed by atoms with Crippen molar-refractivity contribution in [3.8, 4) is 16.9 Å². The van der Waals surface area contributed by atoms with Crippen molar-refractivity contribution in [2.24, 2.45) is 0 Å². The third kappa shape index (κ3) is 1.74. The predicted molar refractivity (Wildman–Crippen MR) is 68.8 cm³/mol. The lowest BCUT2D eigenvalue weighted by Gasteiger charge is -2.04. The van der Waals surface area contributed by atoms with Crippen molar-refractivity contribution >= 4 is 10.8 Å². The number of rotatable bonds is 1. The Bertz CT molecular complexity index is 662. The van der Waals surface area contributed by atoms with Gasteiger partial charge in [-0.05, 0) is 23.3 Å². The van der Waals surface area contributed by atoms with Crippen LogP contribution in [0.4, 0.5) is 0 Å². The third-order valence-corrected chi connectivity index (χ3v) is 2.85. The summed E-state index contributed by atoms with van der Waals surface area (Å²) in [5.74, 6) is 0.224. The van der Waals surface area contributed by atoms with Crippen LogP contribution in [0.25, 0.3) is 21.9 Å². The first-order chi connectivity index (χ1) is 8.34. The van der Waals surface area contributed by atoms with E-state index < -0.39 is 0 Å². The summed E-state index contributed by atoms with van der Waals surface area (Å²) in [6.07, 6.45) is 3.23. The number of aromatic nitrogens is 1. The van der Waals surface area contributed by atoms with Crippen LogP contribution in [0.5, 0.6) is 5.75 Å². The van der Waals surface area contributed by atoms with Gasteiger partial charge < -0.3 is 5.11 Å². The molecule has 3 rings (SSSR count). The van der Waals surface area contributed by atoms with Gasteiger partial charge in [-0.15, -0.1) is 0 Å². The average molecular weight is 221 g/mol. The Labute approximate surface area is 99.2 Å². The minimum atomic E-state index is 0.224. The Hall–Kier alpha value is -2.35. The molecule has 0 aliphatic rings. The molecular formula is C15H11NO. The fourth-order valence-electron chi connectivity index (χ4n) is 1.97. The molecule has 0 amide bonds. The van der Waals surface area contributed by atoms with Crippen LogP contribution in [0.1, 0.15) is 0 Å². The highest BCUT2D eigenvalue weighted by atomic mass is 16.3. The first-order valence-electron chi connectivity index (χ1n) is 5.47. The largest absolute Gasteiger partial charge is 0.506 e. The van der Waals surface area contributed by atoms with E-state index in [1.54, 1.807) is 6.20 Å². The van der Waals surface area contributed by atoms with Crippen molar-refractivity contribution in [2.75, 3.05) is 0 Å². The Morgan fingerprint density at radius 2 is 1.65 bits per heavy atom. The van der Waals surface area contributed by atoms with E-state index in [-0.39, 0.29) is 5.75 Å². The third-order valence-electron chi connectivity index (χ3n) is 2.85. The van der Waals surface area contributed by atoms with Crippen molar-refractivity contribution in [1.82, 2.24) is 4.98 Å². The molecule has 2 aromatic carbocycles. The Balaban J connectivity index is 2.21. The molecule has 0 unspecified atom stereocenters. The fraction of sp³-hybridized carbons (Fsp3) is 0. The molecule has 0 aliphatic heterocycles. The molecule has 0 saturated heterocycles. The van der Waals surface area contributed by atoms with Crippen molar-refractivity contribution in [3.63, 3.8) is 0 Å². The zero-order valence-electron chi connectivity index (χ0n) is 9.17. The molecule has 0 bridgehead atoms.